The molecule has 1 aromatic rings. The van der Waals surface area contributed by atoms with Crippen LogP contribution in [-0.2, 0) is 4.74 Å². The number of aromatic nitrogens is 2. The summed E-state index contributed by atoms with van der Waals surface area (Å²) in [6.07, 6.45) is 0. The lowest BCUT2D eigenvalue weighted by atomic mass is 10.2. The van der Waals surface area contributed by atoms with E-state index in [1.165, 1.54) is 7.11 Å². The van der Waals surface area contributed by atoms with E-state index in [4.69, 9.17) is 11.6 Å². The number of methoxy groups -OCH3 is 1. The highest BCUT2D eigenvalue weighted by molar-refractivity contribution is 6.32. The van der Waals surface area contributed by atoms with Crippen molar-refractivity contribution in [3.63, 3.8) is 0 Å². The Kier molecular flexibility index (Phi) is 2.93. The van der Waals surface area contributed by atoms with Crippen LogP contribution in [0.5, 0.6) is 0 Å². The van der Waals surface area contributed by atoms with Gasteiger partial charge in [-0.1, -0.05) is 25.4 Å². The van der Waals surface area contributed by atoms with Crippen LogP contribution in [0.3, 0.4) is 0 Å². The Morgan fingerprint density at radius 2 is 2.23 bits per heavy atom. The van der Waals surface area contributed by atoms with E-state index in [9.17, 15) is 4.79 Å². The van der Waals surface area contributed by atoms with E-state index >= 15 is 0 Å². The molecule has 5 heteroatoms. The maximum atomic E-state index is 11.1. The van der Waals surface area contributed by atoms with Gasteiger partial charge in [-0.15, -0.1) is 0 Å². The molecule has 0 fully saturated rings. The minimum Gasteiger partial charge on any atom is -0.464 e. The van der Waals surface area contributed by atoms with Crippen LogP contribution in [-0.4, -0.2) is 23.0 Å². The first kappa shape index (κ1) is 10.1. The van der Waals surface area contributed by atoms with Gasteiger partial charge in [-0.25, -0.2) is 9.78 Å². The van der Waals surface area contributed by atoms with E-state index in [1.54, 1.807) is 0 Å². The first-order chi connectivity index (χ1) is 6.06. The van der Waals surface area contributed by atoms with Crippen molar-refractivity contribution >= 4 is 17.6 Å². The van der Waals surface area contributed by atoms with Gasteiger partial charge in [0.25, 0.3) is 0 Å². The molecular formula is C8H11ClN2O2. The second kappa shape index (κ2) is 3.79. The summed E-state index contributed by atoms with van der Waals surface area (Å²) in [6, 6.07) is 0. The molecule has 1 aromatic heterocycles. The van der Waals surface area contributed by atoms with Crippen LogP contribution in [0.2, 0.25) is 5.15 Å². The van der Waals surface area contributed by atoms with Crippen molar-refractivity contribution < 1.29 is 9.53 Å². The van der Waals surface area contributed by atoms with Gasteiger partial charge in [0.05, 0.1) is 7.11 Å². The van der Waals surface area contributed by atoms with Crippen LogP contribution in [0.15, 0.2) is 0 Å². The van der Waals surface area contributed by atoms with E-state index in [0.29, 0.717) is 5.82 Å². The molecular weight excluding hydrogens is 192 g/mol. The van der Waals surface area contributed by atoms with Gasteiger partial charge in [0.1, 0.15) is 11.0 Å². The number of aromatic amines is 1. The zero-order valence-electron chi connectivity index (χ0n) is 7.72. The average molecular weight is 203 g/mol. The topological polar surface area (TPSA) is 55.0 Å². The van der Waals surface area contributed by atoms with Gasteiger partial charge >= 0.3 is 5.97 Å². The fraction of sp³-hybridized carbons (Fsp3) is 0.500. The highest BCUT2D eigenvalue weighted by Crippen LogP contribution is 2.18. The molecule has 1 rings (SSSR count). The fourth-order valence-electron chi connectivity index (χ4n) is 0.874. The number of rotatable bonds is 2. The van der Waals surface area contributed by atoms with Gasteiger partial charge in [0.15, 0.2) is 5.69 Å². The van der Waals surface area contributed by atoms with Crippen LogP contribution < -0.4 is 0 Å². The average Bonchev–Trinajstić information content (AvgIpc) is 2.46. The fourth-order valence-corrected chi connectivity index (χ4v) is 1.09. The molecule has 0 aliphatic heterocycles. The second-order valence-corrected chi connectivity index (χ2v) is 3.31. The number of imidazole rings is 1. The summed E-state index contributed by atoms with van der Waals surface area (Å²) in [5.41, 5.74) is 0.146. The molecule has 0 radical (unpaired) electrons. The third kappa shape index (κ3) is 2.01. The van der Waals surface area contributed by atoms with Gasteiger partial charge in [0, 0.05) is 5.92 Å². The van der Waals surface area contributed by atoms with Crippen LogP contribution in [0.4, 0.5) is 0 Å². The van der Waals surface area contributed by atoms with Gasteiger partial charge in [0.2, 0.25) is 0 Å². The van der Waals surface area contributed by atoms with E-state index < -0.39 is 5.97 Å². The Hall–Kier alpha value is -1.03. The number of hydrogen-bond donors (Lipinski definition) is 1. The quantitative estimate of drug-likeness (QED) is 0.746. The zero-order valence-corrected chi connectivity index (χ0v) is 8.47. The summed E-state index contributed by atoms with van der Waals surface area (Å²) in [4.78, 5) is 17.9. The molecule has 0 atom stereocenters. The summed E-state index contributed by atoms with van der Waals surface area (Å²) in [5, 5.41) is 0.232. The number of nitrogens with one attached hydrogen (secondary N) is 1. The van der Waals surface area contributed by atoms with Crippen LogP contribution in [0.1, 0.15) is 36.1 Å². The molecule has 72 valence electrons. The SMILES string of the molecule is COC(=O)c1nc(C(C)C)[nH]c1Cl. The molecule has 0 unspecified atom stereocenters. The molecule has 0 saturated heterocycles. The predicted octanol–water partition coefficient (Wildman–Crippen LogP) is 1.97. The van der Waals surface area contributed by atoms with Gasteiger partial charge in [-0.3, -0.25) is 0 Å². The molecule has 0 aliphatic carbocycles. The highest BCUT2D eigenvalue weighted by Gasteiger charge is 2.17. The lowest BCUT2D eigenvalue weighted by Gasteiger charge is -1.96. The van der Waals surface area contributed by atoms with Gasteiger partial charge in [-0.05, 0) is 0 Å². The number of halogens is 1. The Balaban J connectivity index is 3.03. The smallest absolute Gasteiger partial charge is 0.359 e. The molecule has 0 amide bonds. The second-order valence-electron chi connectivity index (χ2n) is 2.93. The van der Waals surface area contributed by atoms with E-state index in [0.717, 1.165) is 0 Å². The standard InChI is InChI=1S/C8H11ClN2O2/c1-4(2)7-10-5(6(9)11-7)8(12)13-3/h4H,1-3H3,(H,10,11). The Labute approximate surface area is 81.3 Å². The molecule has 0 aromatic carbocycles. The monoisotopic (exact) mass is 202 g/mol. The lowest BCUT2D eigenvalue weighted by molar-refractivity contribution is 0.0594. The number of H-pyrrole nitrogens is 1. The summed E-state index contributed by atoms with van der Waals surface area (Å²) < 4.78 is 4.50. The van der Waals surface area contributed by atoms with Crippen molar-refractivity contribution in [1.29, 1.82) is 0 Å². The van der Waals surface area contributed by atoms with Crippen molar-refractivity contribution in [1.82, 2.24) is 9.97 Å². The molecule has 0 spiro atoms. The predicted molar refractivity (Wildman–Crippen MR) is 49.0 cm³/mol. The number of carbonyl (C=O) groups excluding carboxylic acids is 1. The Morgan fingerprint density at radius 3 is 2.62 bits per heavy atom. The van der Waals surface area contributed by atoms with Crippen molar-refractivity contribution in [2.75, 3.05) is 7.11 Å². The number of hydrogen-bond acceptors (Lipinski definition) is 3. The number of esters is 1. The third-order valence-corrected chi connectivity index (χ3v) is 1.88. The molecule has 0 bridgehead atoms. The van der Waals surface area contributed by atoms with Crippen LogP contribution >= 0.6 is 11.6 Å². The summed E-state index contributed by atoms with van der Waals surface area (Å²) >= 11 is 5.74. The largest absolute Gasteiger partial charge is 0.464 e. The lowest BCUT2D eigenvalue weighted by Crippen LogP contribution is -2.02. The first-order valence-electron chi connectivity index (χ1n) is 3.90. The van der Waals surface area contributed by atoms with Crippen molar-refractivity contribution in [2.24, 2.45) is 0 Å². The number of nitrogens with zero attached hydrogens (tertiary/aromatic N) is 1. The minimum absolute atomic E-state index is 0.146. The van der Waals surface area contributed by atoms with E-state index in [1.807, 2.05) is 13.8 Å². The molecule has 1 N–H and O–H groups in total. The maximum absolute atomic E-state index is 11.1. The van der Waals surface area contributed by atoms with E-state index in [2.05, 4.69) is 14.7 Å². The van der Waals surface area contributed by atoms with Crippen molar-refractivity contribution in [2.45, 2.75) is 19.8 Å². The molecule has 1 heterocycles. The normalized spacial score (nSPS) is 10.5. The van der Waals surface area contributed by atoms with E-state index in [-0.39, 0.29) is 16.8 Å². The molecule has 0 aliphatic rings. The Morgan fingerprint density at radius 1 is 1.62 bits per heavy atom. The maximum Gasteiger partial charge on any atom is 0.359 e. The summed E-state index contributed by atoms with van der Waals surface area (Å²) in [7, 11) is 1.29. The zero-order chi connectivity index (χ0) is 10.0. The minimum atomic E-state index is -0.520. The summed E-state index contributed by atoms with van der Waals surface area (Å²) in [5.74, 6) is 0.370. The summed E-state index contributed by atoms with van der Waals surface area (Å²) in [6.45, 7) is 3.91. The molecule has 4 nitrogen and oxygen atoms in total. The first-order valence-corrected chi connectivity index (χ1v) is 4.27. The highest BCUT2D eigenvalue weighted by atomic mass is 35.5. The van der Waals surface area contributed by atoms with Crippen LogP contribution in [0.25, 0.3) is 0 Å². The van der Waals surface area contributed by atoms with Gasteiger partial charge < -0.3 is 9.72 Å². The van der Waals surface area contributed by atoms with Gasteiger partial charge in [-0.2, -0.15) is 0 Å². The molecule has 13 heavy (non-hydrogen) atoms. The van der Waals surface area contributed by atoms with Crippen molar-refractivity contribution in [3.05, 3.63) is 16.7 Å². The number of carbonyl (C=O) groups is 1. The third-order valence-electron chi connectivity index (χ3n) is 1.60. The van der Waals surface area contributed by atoms with Crippen molar-refractivity contribution in [3.8, 4) is 0 Å². The van der Waals surface area contributed by atoms with Crippen LogP contribution in [0, 0.1) is 0 Å². The Bertz CT molecular complexity index is 320. The molecule has 0 saturated carbocycles. The number of ether oxygens (including phenoxy) is 1.